The number of fused-ring (bicyclic) bond motifs is 1. The Morgan fingerprint density at radius 1 is 1.18 bits per heavy atom. The Labute approximate surface area is 216 Å². The van der Waals surface area contributed by atoms with Crippen molar-refractivity contribution in [2.24, 2.45) is 5.92 Å². The summed E-state index contributed by atoms with van der Waals surface area (Å²) in [5.74, 6) is -1.55. The van der Waals surface area contributed by atoms with Gasteiger partial charge in [-0.15, -0.1) is 0 Å². The fourth-order valence-corrected chi connectivity index (χ4v) is 3.83. The minimum absolute atomic E-state index is 0.0469. The van der Waals surface area contributed by atoms with Gasteiger partial charge in [-0.3, -0.25) is 9.59 Å². The molecule has 1 saturated carbocycles. The molecule has 0 atom stereocenters. The first-order chi connectivity index (χ1) is 18.3. The molecule has 1 fully saturated rings. The van der Waals surface area contributed by atoms with Crippen LogP contribution in [0.1, 0.15) is 35.7 Å². The topological polar surface area (TPSA) is 120 Å². The number of amides is 2. The summed E-state index contributed by atoms with van der Waals surface area (Å²) >= 11 is 0. The number of rotatable bonds is 9. The van der Waals surface area contributed by atoms with Crippen molar-refractivity contribution in [3.8, 4) is 22.9 Å². The summed E-state index contributed by atoms with van der Waals surface area (Å²) in [5, 5.41) is 9.73. The van der Waals surface area contributed by atoms with Gasteiger partial charge in [-0.2, -0.15) is 5.10 Å². The van der Waals surface area contributed by atoms with Crippen LogP contribution in [-0.2, 0) is 11.3 Å². The van der Waals surface area contributed by atoms with E-state index in [0.29, 0.717) is 35.2 Å². The Morgan fingerprint density at radius 2 is 2.00 bits per heavy atom. The summed E-state index contributed by atoms with van der Waals surface area (Å²) in [6.07, 6.45) is 5.10. The highest BCUT2D eigenvalue weighted by Crippen LogP contribution is 2.31. The van der Waals surface area contributed by atoms with Crippen molar-refractivity contribution in [1.82, 2.24) is 24.9 Å². The molecule has 0 saturated heterocycles. The van der Waals surface area contributed by atoms with E-state index in [9.17, 15) is 18.4 Å². The van der Waals surface area contributed by atoms with Gasteiger partial charge in [0, 0.05) is 42.9 Å². The third kappa shape index (κ3) is 5.53. The third-order valence-corrected chi connectivity index (χ3v) is 5.93. The van der Waals surface area contributed by atoms with Gasteiger partial charge in [0.25, 0.3) is 5.91 Å². The largest absolute Gasteiger partial charge is 0.493 e. The van der Waals surface area contributed by atoms with Crippen molar-refractivity contribution < 1.29 is 27.8 Å². The molecule has 196 valence electrons. The average Bonchev–Trinajstić information content (AvgIpc) is 3.63. The maximum absolute atomic E-state index is 14.6. The molecule has 2 amide bonds. The number of hydrogen-bond acceptors (Lipinski definition) is 7. The van der Waals surface area contributed by atoms with E-state index in [4.69, 9.17) is 9.47 Å². The van der Waals surface area contributed by atoms with Crippen LogP contribution >= 0.6 is 0 Å². The lowest BCUT2D eigenvalue weighted by molar-refractivity contribution is -0.114. The molecule has 1 aromatic carbocycles. The Kier molecular flexibility index (Phi) is 6.86. The standard InChI is InChI=1S/C26H24F2N6O4/c1-14(35)31-23-12-34-24(32-23)6-5-21(33-34)16-7-18(26(37-2)30-10-16)25(36)29-11-19-20(28)8-17(27)9-22(19)38-13-15-3-4-15/h5-10,12,15H,3-4,11,13H2,1-2H3,(H,29,36)(H,31,35). The summed E-state index contributed by atoms with van der Waals surface area (Å²) < 4.78 is 40.8. The molecule has 5 rings (SSSR count). The van der Waals surface area contributed by atoms with Crippen molar-refractivity contribution >= 4 is 23.3 Å². The van der Waals surface area contributed by atoms with Crippen molar-refractivity contribution in [2.75, 3.05) is 19.0 Å². The highest BCUT2D eigenvalue weighted by molar-refractivity contribution is 5.97. The SMILES string of the molecule is COc1ncc(-c2ccc3nc(NC(C)=O)cn3n2)cc1C(=O)NCc1c(F)cc(F)cc1OCC1CC1. The highest BCUT2D eigenvalue weighted by Gasteiger charge is 2.24. The van der Waals surface area contributed by atoms with Crippen molar-refractivity contribution in [1.29, 1.82) is 0 Å². The first-order valence-electron chi connectivity index (χ1n) is 11.9. The van der Waals surface area contributed by atoms with Gasteiger partial charge in [0.1, 0.15) is 22.9 Å². The summed E-state index contributed by atoms with van der Waals surface area (Å²) in [6, 6.07) is 6.82. The second kappa shape index (κ2) is 10.4. The number of carbonyl (C=O) groups is 2. The fraction of sp³-hybridized carbons (Fsp3) is 0.269. The Morgan fingerprint density at radius 3 is 2.74 bits per heavy atom. The van der Waals surface area contributed by atoms with E-state index in [1.165, 1.54) is 24.7 Å². The number of carbonyl (C=O) groups excluding carboxylic acids is 2. The van der Waals surface area contributed by atoms with Crippen LogP contribution in [0, 0.1) is 17.6 Å². The molecule has 4 aromatic rings. The Hall–Kier alpha value is -4.61. The summed E-state index contributed by atoms with van der Waals surface area (Å²) in [4.78, 5) is 32.9. The predicted molar refractivity (Wildman–Crippen MR) is 133 cm³/mol. The molecule has 1 aliphatic rings. The summed E-state index contributed by atoms with van der Waals surface area (Å²) in [6.45, 7) is 1.51. The van der Waals surface area contributed by atoms with Crippen LogP contribution in [0.25, 0.3) is 16.9 Å². The quantitative estimate of drug-likeness (QED) is 0.344. The molecule has 2 N–H and O–H groups in total. The number of ether oxygens (including phenoxy) is 2. The number of aromatic nitrogens is 4. The van der Waals surface area contributed by atoms with E-state index >= 15 is 0 Å². The van der Waals surface area contributed by atoms with Crippen LogP contribution in [0.15, 0.2) is 42.7 Å². The molecular formula is C26H24F2N6O4. The van der Waals surface area contributed by atoms with Gasteiger partial charge in [0.15, 0.2) is 11.5 Å². The lowest BCUT2D eigenvalue weighted by Gasteiger charge is -2.14. The number of halogens is 2. The number of methoxy groups -OCH3 is 1. The highest BCUT2D eigenvalue weighted by atomic mass is 19.1. The maximum Gasteiger partial charge on any atom is 0.257 e. The second-order valence-corrected chi connectivity index (χ2v) is 8.91. The smallest absolute Gasteiger partial charge is 0.257 e. The zero-order valence-corrected chi connectivity index (χ0v) is 20.6. The monoisotopic (exact) mass is 522 g/mol. The summed E-state index contributed by atoms with van der Waals surface area (Å²) in [7, 11) is 1.38. The van der Waals surface area contributed by atoms with Crippen molar-refractivity contribution in [2.45, 2.75) is 26.3 Å². The Balaban J connectivity index is 1.38. The van der Waals surface area contributed by atoms with Gasteiger partial charge in [0.2, 0.25) is 11.8 Å². The normalized spacial score (nSPS) is 12.8. The molecule has 0 unspecified atom stereocenters. The Bertz CT molecular complexity index is 1540. The number of imidazole rings is 1. The number of nitrogens with zero attached hydrogens (tertiary/aromatic N) is 4. The number of pyridine rings is 1. The van der Waals surface area contributed by atoms with E-state index in [1.54, 1.807) is 24.4 Å². The molecule has 0 aliphatic heterocycles. The van der Waals surface area contributed by atoms with E-state index < -0.39 is 17.5 Å². The van der Waals surface area contributed by atoms with Gasteiger partial charge in [-0.1, -0.05) is 0 Å². The lowest BCUT2D eigenvalue weighted by atomic mass is 10.1. The van der Waals surface area contributed by atoms with Crippen LogP contribution in [0.5, 0.6) is 11.6 Å². The van der Waals surface area contributed by atoms with Gasteiger partial charge in [0.05, 0.1) is 25.6 Å². The minimum atomic E-state index is -0.814. The fourth-order valence-electron chi connectivity index (χ4n) is 3.83. The minimum Gasteiger partial charge on any atom is -0.493 e. The zero-order chi connectivity index (χ0) is 26.8. The molecular weight excluding hydrogens is 498 g/mol. The van der Waals surface area contributed by atoms with Gasteiger partial charge in [-0.05, 0) is 37.0 Å². The van der Waals surface area contributed by atoms with Gasteiger partial charge >= 0.3 is 0 Å². The van der Waals surface area contributed by atoms with Crippen molar-refractivity contribution in [3.63, 3.8) is 0 Å². The van der Waals surface area contributed by atoms with Crippen LogP contribution in [0.2, 0.25) is 0 Å². The van der Waals surface area contributed by atoms with E-state index in [2.05, 4.69) is 25.7 Å². The average molecular weight is 523 g/mol. The third-order valence-electron chi connectivity index (χ3n) is 5.93. The second-order valence-electron chi connectivity index (χ2n) is 8.91. The number of benzene rings is 1. The molecule has 1 aliphatic carbocycles. The molecule has 12 heteroatoms. The maximum atomic E-state index is 14.6. The molecule has 0 spiro atoms. The van der Waals surface area contributed by atoms with Crippen LogP contribution in [0.4, 0.5) is 14.6 Å². The van der Waals surface area contributed by atoms with E-state index in [1.807, 2.05) is 0 Å². The van der Waals surface area contributed by atoms with Crippen LogP contribution in [0.3, 0.4) is 0 Å². The summed E-state index contributed by atoms with van der Waals surface area (Å²) in [5.41, 5.74) is 1.64. The molecule has 0 radical (unpaired) electrons. The predicted octanol–water partition coefficient (Wildman–Crippen LogP) is 3.76. The molecule has 3 heterocycles. The molecule has 10 nitrogen and oxygen atoms in total. The van der Waals surface area contributed by atoms with Crippen LogP contribution in [-0.4, -0.2) is 45.1 Å². The van der Waals surface area contributed by atoms with E-state index in [-0.39, 0.29) is 35.2 Å². The van der Waals surface area contributed by atoms with E-state index in [0.717, 1.165) is 25.0 Å². The first kappa shape index (κ1) is 25.1. The van der Waals surface area contributed by atoms with Crippen molar-refractivity contribution in [3.05, 3.63) is 65.5 Å². The van der Waals surface area contributed by atoms with Crippen LogP contribution < -0.4 is 20.1 Å². The number of anilines is 1. The first-order valence-corrected chi connectivity index (χ1v) is 11.9. The lowest BCUT2D eigenvalue weighted by Crippen LogP contribution is -2.25. The molecule has 3 aromatic heterocycles. The number of hydrogen-bond donors (Lipinski definition) is 2. The van der Waals surface area contributed by atoms with Gasteiger partial charge < -0.3 is 20.1 Å². The molecule has 0 bridgehead atoms. The molecule has 38 heavy (non-hydrogen) atoms. The zero-order valence-electron chi connectivity index (χ0n) is 20.6. The van der Waals surface area contributed by atoms with Gasteiger partial charge in [-0.25, -0.2) is 23.3 Å². The number of nitrogens with one attached hydrogen (secondary N) is 2.